The van der Waals surface area contributed by atoms with Crippen LogP contribution in [0.1, 0.15) is 60.2 Å². The first kappa shape index (κ1) is 17.9. The highest BCUT2D eigenvalue weighted by molar-refractivity contribution is 6.30. The van der Waals surface area contributed by atoms with Gasteiger partial charge >= 0.3 is 0 Å². The lowest BCUT2D eigenvalue weighted by molar-refractivity contribution is 0.0973. The van der Waals surface area contributed by atoms with Crippen LogP contribution in [0, 0.1) is 5.92 Å². The fraction of sp³-hybridized carbons (Fsp3) is 0.318. The lowest BCUT2D eigenvalue weighted by Crippen LogP contribution is -2.12. The zero-order valence-electron chi connectivity index (χ0n) is 14.8. The van der Waals surface area contributed by atoms with Crippen LogP contribution in [-0.4, -0.2) is 10.9 Å². The molecule has 1 aliphatic carbocycles. The van der Waals surface area contributed by atoms with E-state index >= 15 is 0 Å². The van der Waals surface area contributed by atoms with Crippen molar-refractivity contribution in [2.45, 2.75) is 39.7 Å². The van der Waals surface area contributed by atoms with E-state index in [1.54, 1.807) is 24.3 Å². The van der Waals surface area contributed by atoms with Crippen molar-refractivity contribution >= 4 is 23.0 Å². The molecule has 0 spiro atoms. The maximum Gasteiger partial charge on any atom is 0.174 e. The van der Waals surface area contributed by atoms with E-state index in [-0.39, 0.29) is 18.3 Å². The second-order valence-corrected chi connectivity index (χ2v) is 7.58. The van der Waals surface area contributed by atoms with Crippen LogP contribution in [0.3, 0.4) is 0 Å². The average Bonchev–Trinajstić information content (AvgIpc) is 2.86. The highest BCUT2D eigenvalue weighted by atomic mass is 35.5. The van der Waals surface area contributed by atoms with Crippen molar-refractivity contribution in [3.63, 3.8) is 0 Å². The fourth-order valence-corrected chi connectivity index (χ4v) is 3.76. The van der Waals surface area contributed by atoms with Crippen molar-refractivity contribution in [1.82, 2.24) is 0 Å². The Morgan fingerprint density at radius 1 is 1.16 bits per heavy atom. The third-order valence-electron chi connectivity index (χ3n) is 4.85. The Morgan fingerprint density at radius 3 is 2.44 bits per heavy atom. The monoisotopic (exact) mass is 354 g/mol. The highest BCUT2D eigenvalue weighted by Crippen LogP contribution is 2.46. The van der Waals surface area contributed by atoms with Crippen LogP contribution in [0.2, 0.25) is 5.02 Å². The number of allylic oxidation sites excluding steroid dienone is 2. The van der Waals surface area contributed by atoms with E-state index in [2.05, 4.69) is 20.8 Å². The van der Waals surface area contributed by atoms with Crippen molar-refractivity contribution in [2.24, 2.45) is 5.92 Å². The smallest absolute Gasteiger partial charge is 0.174 e. The molecule has 0 heterocycles. The molecule has 1 N–H and O–H groups in total. The minimum atomic E-state index is -0.252. The quantitative estimate of drug-likeness (QED) is 0.706. The van der Waals surface area contributed by atoms with Gasteiger partial charge < -0.3 is 5.11 Å². The molecule has 0 radical (unpaired) electrons. The van der Waals surface area contributed by atoms with Gasteiger partial charge in [-0.25, -0.2) is 0 Å². The maximum atomic E-state index is 13.2. The van der Waals surface area contributed by atoms with Crippen LogP contribution < -0.4 is 0 Å². The SMILES string of the molecule is CC1=C(CC(C)C)c2cc(CO)ccc2C1C(=O)c1ccc(Cl)cc1. The topological polar surface area (TPSA) is 37.3 Å². The molecule has 0 amide bonds. The van der Waals surface area contributed by atoms with Gasteiger partial charge in [0, 0.05) is 10.6 Å². The third-order valence-corrected chi connectivity index (χ3v) is 5.10. The Bertz CT molecular complexity index is 832. The summed E-state index contributed by atoms with van der Waals surface area (Å²) in [6, 6.07) is 13.0. The number of carbonyl (C=O) groups is 1. The first-order valence-electron chi connectivity index (χ1n) is 8.65. The van der Waals surface area contributed by atoms with E-state index in [0.29, 0.717) is 16.5 Å². The standard InChI is InChI=1S/C22H23ClO2/c1-13(2)10-19-14(3)21(18-9-4-15(12-24)11-20(18)19)22(25)16-5-7-17(23)8-6-16/h4-9,11,13,21,24H,10,12H2,1-3H3. The number of halogens is 1. The summed E-state index contributed by atoms with van der Waals surface area (Å²) in [6.07, 6.45) is 0.929. The average molecular weight is 355 g/mol. The second kappa shape index (κ2) is 7.15. The van der Waals surface area contributed by atoms with E-state index in [1.807, 2.05) is 18.2 Å². The normalized spacial score (nSPS) is 16.5. The zero-order valence-corrected chi connectivity index (χ0v) is 15.6. The van der Waals surface area contributed by atoms with Crippen LogP contribution in [0.25, 0.3) is 5.57 Å². The molecule has 0 bridgehead atoms. The van der Waals surface area contributed by atoms with Gasteiger partial charge in [0.2, 0.25) is 0 Å². The van der Waals surface area contributed by atoms with E-state index in [1.165, 1.54) is 5.57 Å². The first-order valence-corrected chi connectivity index (χ1v) is 9.03. The Hall–Kier alpha value is -1.90. The van der Waals surface area contributed by atoms with Crippen molar-refractivity contribution < 1.29 is 9.90 Å². The molecule has 1 aliphatic rings. The number of ketones is 1. The Balaban J connectivity index is 2.09. The Labute approximate surface area is 154 Å². The molecule has 2 nitrogen and oxygen atoms in total. The van der Waals surface area contributed by atoms with Gasteiger partial charge in [0.25, 0.3) is 0 Å². The van der Waals surface area contributed by atoms with Crippen molar-refractivity contribution in [2.75, 3.05) is 0 Å². The summed E-state index contributed by atoms with van der Waals surface area (Å²) < 4.78 is 0. The molecule has 3 rings (SSSR count). The molecule has 25 heavy (non-hydrogen) atoms. The van der Waals surface area contributed by atoms with Crippen molar-refractivity contribution in [3.8, 4) is 0 Å². The summed E-state index contributed by atoms with van der Waals surface area (Å²) in [6.45, 7) is 6.44. The minimum absolute atomic E-state index is 0.0110. The van der Waals surface area contributed by atoms with Gasteiger partial charge in [-0.1, -0.05) is 43.2 Å². The summed E-state index contributed by atoms with van der Waals surface area (Å²) in [5.74, 6) is 0.351. The molecule has 3 heteroatoms. The molecule has 130 valence electrons. The van der Waals surface area contributed by atoms with E-state index < -0.39 is 0 Å². The number of aliphatic hydroxyl groups is 1. The van der Waals surface area contributed by atoms with Crippen LogP contribution >= 0.6 is 11.6 Å². The van der Waals surface area contributed by atoms with Gasteiger partial charge in [-0.3, -0.25) is 4.79 Å². The van der Waals surface area contributed by atoms with E-state index in [4.69, 9.17) is 11.6 Å². The molecule has 0 aliphatic heterocycles. The van der Waals surface area contributed by atoms with Gasteiger partial charge in [0.05, 0.1) is 12.5 Å². The summed E-state index contributed by atoms with van der Waals surface area (Å²) in [7, 11) is 0. The van der Waals surface area contributed by atoms with Crippen LogP contribution in [0.4, 0.5) is 0 Å². The molecule has 2 aromatic carbocycles. The molecule has 0 fully saturated rings. The molecular weight excluding hydrogens is 332 g/mol. The Morgan fingerprint density at radius 2 is 1.84 bits per heavy atom. The van der Waals surface area contributed by atoms with Crippen LogP contribution in [0.5, 0.6) is 0 Å². The maximum absolute atomic E-state index is 13.2. The van der Waals surface area contributed by atoms with Crippen LogP contribution in [-0.2, 0) is 6.61 Å². The lowest BCUT2D eigenvalue weighted by atomic mass is 9.88. The minimum Gasteiger partial charge on any atom is -0.392 e. The first-order chi connectivity index (χ1) is 11.9. The third kappa shape index (κ3) is 3.42. The predicted octanol–water partition coefficient (Wildman–Crippen LogP) is 5.63. The van der Waals surface area contributed by atoms with Gasteiger partial charge in [-0.05, 0) is 71.9 Å². The molecule has 0 saturated carbocycles. The lowest BCUT2D eigenvalue weighted by Gasteiger charge is -2.14. The van der Waals surface area contributed by atoms with E-state index in [9.17, 15) is 9.90 Å². The van der Waals surface area contributed by atoms with Crippen molar-refractivity contribution in [1.29, 1.82) is 0 Å². The number of Topliss-reactive ketones (excluding diaryl/α,β-unsaturated/α-hetero) is 1. The summed E-state index contributed by atoms with van der Waals surface area (Å²) in [5.41, 5.74) is 6.09. The van der Waals surface area contributed by atoms with Crippen molar-refractivity contribution in [3.05, 3.63) is 75.3 Å². The number of aliphatic hydroxyl groups excluding tert-OH is 1. The summed E-state index contributed by atoms with van der Waals surface area (Å²) in [5, 5.41) is 10.1. The Kier molecular flexibility index (Phi) is 5.12. The number of hydrogen-bond donors (Lipinski definition) is 1. The van der Waals surface area contributed by atoms with E-state index in [0.717, 1.165) is 28.7 Å². The molecule has 0 aromatic heterocycles. The molecule has 1 unspecified atom stereocenters. The second-order valence-electron chi connectivity index (χ2n) is 7.14. The largest absolute Gasteiger partial charge is 0.392 e. The highest BCUT2D eigenvalue weighted by Gasteiger charge is 2.34. The fourth-order valence-electron chi connectivity index (χ4n) is 3.63. The molecule has 0 saturated heterocycles. The number of fused-ring (bicyclic) bond motifs is 1. The van der Waals surface area contributed by atoms with Gasteiger partial charge in [-0.15, -0.1) is 0 Å². The zero-order chi connectivity index (χ0) is 18.1. The van der Waals surface area contributed by atoms with Gasteiger partial charge in [0.1, 0.15) is 0 Å². The number of benzene rings is 2. The number of rotatable bonds is 5. The van der Waals surface area contributed by atoms with Gasteiger partial charge in [0.15, 0.2) is 5.78 Å². The molecule has 2 aromatic rings. The number of hydrogen-bond acceptors (Lipinski definition) is 2. The summed E-state index contributed by atoms with van der Waals surface area (Å²) in [4.78, 5) is 13.2. The molecular formula is C22H23ClO2. The van der Waals surface area contributed by atoms with Crippen LogP contribution in [0.15, 0.2) is 48.0 Å². The molecule has 1 atom stereocenters. The van der Waals surface area contributed by atoms with Gasteiger partial charge in [-0.2, -0.15) is 0 Å². The summed E-state index contributed by atoms with van der Waals surface area (Å²) >= 11 is 5.96. The number of carbonyl (C=O) groups excluding carboxylic acids is 1. The predicted molar refractivity (Wildman–Crippen MR) is 103 cm³/mol.